The van der Waals surface area contributed by atoms with Crippen molar-refractivity contribution in [2.24, 2.45) is 0 Å². The lowest BCUT2D eigenvalue weighted by atomic mass is 10.4. The molecule has 0 aromatic carbocycles. The van der Waals surface area contributed by atoms with E-state index in [0.717, 1.165) is 17.1 Å². The molecule has 0 bridgehead atoms. The molecule has 0 aliphatic rings. The average Bonchev–Trinajstić information content (AvgIpc) is 2.29. The van der Waals surface area contributed by atoms with E-state index in [-0.39, 0.29) is 0 Å². The average molecular weight is 241 g/mol. The second-order valence-electron chi connectivity index (χ2n) is 3.03. The molecule has 2 unspecified atom stereocenters. The first kappa shape index (κ1) is 14.9. The summed E-state index contributed by atoms with van der Waals surface area (Å²) in [6, 6.07) is 0. The molecule has 0 aromatic heterocycles. The highest BCUT2D eigenvalue weighted by Crippen LogP contribution is 2.07. The molecular weight excluding hydrogens is 226 g/mol. The molecule has 2 atom stereocenters. The Morgan fingerprint density at radius 2 is 1.41 bits per heavy atom. The molecule has 0 spiro atoms. The summed E-state index contributed by atoms with van der Waals surface area (Å²) in [6.07, 6.45) is 0.623. The Kier molecular flexibility index (Phi) is 6.32. The van der Waals surface area contributed by atoms with Gasteiger partial charge in [-0.25, -0.2) is 9.59 Å². The van der Waals surface area contributed by atoms with E-state index in [1.54, 1.807) is 0 Å². The van der Waals surface area contributed by atoms with E-state index >= 15 is 0 Å². The van der Waals surface area contributed by atoms with Gasteiger partial charge in [0.1, 0.15) is 0 Å². The molecule has 0 fully saturated rings. The fourth-order valence-corrected chi connectivity index (χ4v) is 1.02. The maximum absolute atomic E-state index is 10.9. The van der Waals surface area contributed by atoms with Crippen LogP contribution in [0.5, 0.6) is 0 Å². The zero-order valence-corrected chi connectivity index (χ0v) is 9.79. The molecule has 0 aliphatic heterocycles. The third kappa shape index (κ3) is 4.96. The van der Waals surface area contributed by atoms with Gasteiger partial charge in [0.15, 0.2) is 12.5 Å². The highest BCUT2D eigenvalue weighted by molar-refractivity contribution is 5.82. The summed E-state index contributed by atoms with van der Waals surface area (Å²) in [5.41, 5.74) is 0. The van der Waals surface area contributed by atoms with Crippen molar-refractivity contribution in [2.75, 3.05) is 0 Å². The summed E-state index contributed by atoms with van der Waals surface area (Å²) in [6.45, 7) is 9.38. The largest absolute Gasteiger partial charge is 0.439 e. The Morgan fingerprint density at radius 3 is 1.65 bits per heavy atom. The predicted octanol–water partition coefficient (Wildman–Crippen LogP) is 0.595. The highest BCUT2D eigenvalue weighted by atomic mass is 16.6. The zero-order chi connectivity index (χ0) is 13.4. The first-order valence-corrected chi connectivity index (χ1v) is 4.85. The lowest BCUT2D eigenvalue weighted by Gasteiger charge is -2.29. The van der Waals surface area contributed by atoms with Gasteiger partial charge in [0.2, 0.25) is 6.41 Å². The molecule has 0 radical (unpaired) electrons. The minimum Gasteiger partial charge on any atom is -0.439 e. The van der Waals surface area contributed by atoms with Gasteiger partial charge >= 0.3 is 11.9 Å². The molecule has 0 rings (SSSR count). The Bertz CT molecular complexity index is 298. The fourth-order valence-electron chi connectivity index (χ4n) is 1.02. The van der Waals surface area contributed by atoms with E-state index in [9.17, 15) is 14.4 Å². The van der Waals surface area contributed by atoms with Gasteiger partial charge in [-0.1, -0.05) is 13.2 Å². The smallest absolute Gasteiger partial charge is 0.332 e. The Balaban J connectivity index is 4.53. The van der Waals surface area contributed by atoms with Crippen LogP contribution in [0, 0.1) is 0 Å². The summed E-state index contributed by atoms with van der Waals surface area (Å²) < 4.78 is 9.62. The fraction of sp³-hybridized carbons (Fsp3) is 0.364. The Morgan fingerprint density at radius 1 is 1.06 bits per heavy atom. The van der Waals surface area contributed by atoms with Gasteiger partial charge in [-0.2, -0.15) is 0 Å². The predicted molar refractivity (Wildman–Crippen MR) is 59.4 cm³/mol. The van der Waals surface area contributed by atoms with E-state index in [0.29, 0.717) is 6.41 Å². The molecule has 6 heteroatoms. The number of carbonyl (C=O) groups excluding carboxylic acids is 3. The third-order valence-electron chi connectivity index (χ3n) is 1.87. The highest BCUT2D eigenvalue weighted by Gasteiger charge is 2.22. The SMILES string of the molecule is C=CC(=O)OC(C)N(C=O)C(C)OC(=O)C=C. The minimum atomic E-state index is -0.870. The van der Waals surface area contributed by atoms with Crippen molar-refractivity contribution in [2.45, 2.75) is 26.3 Å². The monoisotopic (exact) mass is 241 g/mol. The van der Waals surface area contributed by atoms with Crippen LogP contribution in [-0.4, -0.2) is 35.7 Å². The van der Waals surface area contributed by atoms with Crippen molar-refractivity contribution < 1.29 is 23.9 Å². The van der Waals surface area contributed by atoms with E-state index in [1.807, 2.05) is 0 Å². The number of ether oxygens (including phenoxy) is 2. The molecule has 0 N–H and O–H groups in total. The number of nitrogens with zero attached hydrogens (tertiary/aromatic N) is 1. The number of esters is 2. The molecule has 0 aliphatic carbocycles. The number of rotatable bonds is 7. The number of carbonyl (C=O) groups is 3. The molecule has 1 amide bonds. The number of hydrogen-bond donors (Lipinski definition) is 0. The van der Waals surface area contributed by atoms with Gasteiger partial charge in [0, 0.05) is 12.2 Å². The normalized spacial score (nSPS) is 12.8. The molecule has 0 heterocycles. The maximum atomic E-state index is 10.9. The summed E-state index contributed by atoms with van der Waals surface area (Å²) in [7, 11) is 0. The Labute approximate surface area is 99.5 Å². The molecule has 0 saturated heterocycles. The van der Waals surface area contributed by atoms with Gasteiger partial charge in [0.05, 0.1) is 0 Å². The molecular formula is C11H15NO5. The standard InChI is InChI=1S/C11H15NO5/c1-5-10(14)16-8(3)12(7-13)9(4)17-11(15)6-2/h5-9H,1-2H2,3-4H3. The van der Waals surface area contributed by atoms with E-state index in [1.165, 1.54) is 13.8 Å². The van der Waals surface area contributed by atoms with Crippen LogP contribution in [0.2, 0.25) is 0 Å². The number of hydrogen-bond acceptors (Lipinski definition) is 5. The van der Waals surface area contributed by atoms with E-state index in [4.69, 9.17) is 9.47 Å². The van der Waals surface area contributed by atoms with Crippen molar-refractivity contribution in [3.63, 3.8) is 0 Å². The van der Waals surface area contributed by atoms with Gasteiger partial charge < -0.3 is 9.47 Å². The Hall–Kier alpha value is -2.11. The quantitative estimate of drug-likeness (QED) is 0.282. The topological polar surface area (TPSA) is 72.9 Å². The zero-order valence-electron chi connectivity index (χ0n) is 9.79. The van der Waals surface area contributed by atoms with Crippen molar-refractivity contribution in [1.82, 2.24) is 4.90 Å². The van der Waals surface area contributed by atoms with Crippen LogP contribution in [0.4, 0.5) is 0 Å². The summed E-state index contributed by atoms with van der Waals surface area (Å²) in [4.78, 5) is 33.7. The van der Waals surface area contributed by atoms with Crippen molar-refractivity contribution in [1.29, 1.82) is 0 Å². The summed E-state index contributed by atoms with van der Waals surface area (Å²) >= 11 is 0. The second-order valence-corrected chi connectivity index (χ2v) is 3.03. The third-order valence-corrected chi connectivity index (χ3v) is 1.87. The molecule has 0 aromatic rings. The first-order chi connectivity index (χ1) is 7.96. The lowest BCUT2D eigenvalue weighted by Crippen LogP contribution is -2.43. The molecule has 0 saturated carbocycles. The molecule has 6 nitrogen and oxygen atoms in total. The summed E-state index contributed by atoms with van der Waals surface area (Å²) in [5, 5.41) is 0. The van der Waals surface area contributed by atoms with Gasteiger partial charge in [-0.05, 0) is 13.8 Å². The minimum absolute atomic E-state index is 0.419. The van der Waals surface area contributed by atoms with Gasteiger partial charge in [-0.3, -0.25) is 9.69 Å². The van der Waals surface area contributed by atoms with Crippen molar-refractivity contribution >= 4 is 18.3 Å². The molecule has 17 heavy (non-hydrogen) atoms. The van der Waals surface area contributed by atoms with Crippen molar-refractivity contribution in [3.05, 3.63) is 25.3 Å². The summed E-state index contributed by atoms with van der Waals surface area (Å²) in [5.74, 6) is -1.35. The van der Waals surface area contributed by atoms with Crippen LogP contribution in [-0.2, 0) is 23.9 Å². The second kappa shape index (κ2) is 7.21. The van der Waals surface area contributed by atoms with Crippen LogP contribution in [0.15, 0.2) is 25.3 Å². The van der Waals surface area contributed by atoms with Gasteiger partial charge in [0.25, 0.3) is 0 Å². The van der Waals surface area contributed by atoms with Crippen LogP contribution in [0.1, 0.15) is 13.8 Å². The van der Waals surface area contributed by atoms with E-state index in [2.05, 4.69) is 13.2 Å². The first-order valence-electron chi connectivity index (χ1n) is 4.85. The van der Waals surface area contributed by atoms with Crippen LogP contribution >= 0.6 is 0 Å². The van der Waals surface area contributed by atoms with E-state index < -0.39 is 24.4 Å². The van der Waals surface area contributed by atoms with Crippen LogP contribution in [0.25, 0.3) is 0 Å². The maximum Gasteiger partial charge on any atom is 0.332 e. The molecule has 94 valence electrons. The lowest BCUT2D eigenvalue weighted by molar-refractivity contribution is -0.175. The number of amides is 1. The van der Waals surface area contributed by atoms with Crippen LogP contribution in [0.3, 0.4) is 0 Å². The van der Waals surface area contributed by atoms with Crippen LogP contribution < -0.4 is 0 Å². The van der Waals surface area contributed by atoms with Crippen molar-refractivity contribution in [3.8, 4) is 0 Å². The van der Waals surface area contributed by atoms with Gasteiger partial charge in [-0.15, -0.1) is 0 Å².